The van der Waals surface area contributed by atoms with Crippen LogP contribution in [0.3, 0.4) is 0 Å². The Morgan fingerprint density at radius 3 is 2.21 bits per heavy atom. The first-order valence-electron chi connectivity index (χ1n) is 7.87. The summed E-state index contributed by atoms with van der Waals surface area (Å²) >= 11 is 11.9. The van der Waals surface area contributed by atoms with Crippen LogP contribution in [0.25, 0.3) is 0 Å². The average Bonchev–Trinajstić information content (AvgIpc) is 2.58. The highest BCUT2D eigenvalue weighted by molar-refractivity contribution is 6.30. The predicted octanol–water partition coefficient (Wildman–Crippen LogP) is 4.02. The molecule has 3 rings (SSSR count). The lowest BCUT2D eigenvalue weighted by atomic mass is 9.73. The molecular formula is C19H19Cl2NO2. The molecule has 0 radical (unpaired) electrons. The zero-order valence-corrected chi connectivity index (χ0v) is 14.9. The standard InChI is InChI=1S/C19H19Cl2NO2/c1-22-11-10-19(24,14-4-8-16(21)9-5-14)17(12-22)18(23)13-2-6-15(20)7-3-13/h2-9,17,24H,10-12H2,1H3/t17-,19-/m1/s1. The third kappa shape index (κ3) is 3.35. The Morgan fingerprint density at radius 1 is 1.08 bits per heavy atom. The van der Waals surface area contributed by atoms with E-state index in [1.165, 1.54) is 0 Å². The largest absolute Gasteiger partial charge is 0.384 e. The molecule has 1 heterocycles. The molecule has 0 saturated carbocycles. The van der Waals surface area contributed by atoms with Gasteiger partial charge in [0.25, 0.3) is 0 Å². The number of carbonyl (C=O) groups excluding carboxylic acids is 1. The van der Waals surface area contributed by atoms with Crippen LogP contribution in [-0.4, -0.2) is 35.9 Å². The van der Waals surface area contributed by atoms with Crippen molar-refractivity contribution in [3.8, 4) is 0 Å². The quantitative estimate of drug-likeness (QED) is 0.837. The van der Waals surface area contributed by atoms with Gasteiger partial charge in [0.2, 0.25) is 0 Å². The summed E-state index contributed by atoms with van der Waals surface area (Å²) in [7, 11) is 1.96. The second-order valence-corrected chi connectivity index (χ2v) is 7.24. The van der Waals surface area contributed by atoms with E-state index < -0.39 is 11.5 Å². The van der Waals surface area contributed by atoms with Crippen LogP contribution in [0.5, 0.6) is 0 Å². The molecular weight excluding hydrogens is 345 g/mol. The smallest absolute Gasteiger partial charge is 0.170 e. The maximum atomic E-state index is 13.1. The molecule has 0 spiro atoms. The highest BCUT2D eigenvalue weighted by atomic mass is 35.5. The number of halogens is 2. The summed E-state index contributed by atoms with van der Waals surface area (Å²) < 4.78 is 0. The normalized spacial score (nSPS) is 24.8. The molecule has 0 aromatic heterocycles. The lowest BCUT2D eigenvalue weighted by molar-refractivity contribution is -0.0594. The van der Waals surface area contributed by atoms with Crippen LogP contribution in [0.4, 0.5) is 0 Å². The Hall–Kier alpha value is -1.39. The molecule has 126 valence electrons. The number of carbonyl (C=O) groups is 1. The predicted molar refractivity (Wildman–Crippen MR) is 96.7 cm³/mol. The van der Waals surface area contributed by atoms with Gasteiger partial charge < -0.3 is 10.0 Å². The monoisotopic (exact) mass is 363 g/mol. The third-order valence-electron chi connectivity index (χ3n) is 4.73. The summed E-state index contributed by atoms with van der Waals surface area (Å²) in [4.78, 5) is 15.1. The molecule has 2 aromatic carbocycles. The molecule has 0 aliphatic carbocycles. The second-order valence-electron chi connectivity index (χ2n) is 6.37. The molecule has 0 bridgehead atoms. The van der Waals surface area contributed by atoms with E-state index in [1.807, 2.05) is 7.05 Å². The van der Waals surface area contributed by atoms with E-state index in [0.29, 0.717) is 28.6 Å². The van der Waals surface area contributed by atoms with Gasteiger partial charge in [0.1, 0.15) is 5.60 Å². The minimum Gasteiger partial charge on any atom is -0.384 e. The summed E-state index contributed by atoms with van der Waals surface area (Å²) in [6, 6.07) is 13.9. The van der Waals surface area contributed by atoms with Crippen molar-refractivity contribution in [2.45, 2.75) is 12.0 Å². The average molecular weight is 364 g/mol. The van der Waals surface area contributed by atoms with Crippen LogP contribution in [0.1, 0.15) is 22.3 Å². The number of ketones is 1. The summed E-state index contributed by atoms with van der Waals surface area (Å²) in [6.45, 7) is 1.23. The number of nitrogens with zero attached hydrogens (tertiary/aromatic N) is 1. The number of aliphatic hydroxyl groups is 1. The fourth-order valence-electron chi connectivity index (χ4n) is 3.29. The second kappa shape index (κ2) is 6.85. The molecule has 1 aliphatic heterocycles. The van der Waals surface area contributed by atoms with Gasteiger partial charge in [-0.15, -0.1) is 0 Å². The van der Waals surface area contributed by atoms with Crippen molar-refractivity contribution in [1.29, 1.82) is 0 Å². The van der Waals surface area contributed by atoms with Crippen molar-refractivity contribution < 1.29 is 9.90 Å². The van der Waals surface area contributed by atoms with Gasteiger partial charge in [-0.2, -0.15) is 0 Å². The summed E-state index contributed by atoms with van der Waals surface area (Å²) in [5, 5.41) is 12.6. The maximum Gasteiger partial charge on any atom is 0.170 e. The zero-order chi connectivity index (χ0) is 17.3. The van der Waals surface area contributed by atoms with Crippen LogP contribution < -0.4 is 0 Å². The van der Waals surface area contributed by atoms with Gasteiger partial charge in [0.05, 0.1) is 5.92 Å². The van der Waals surface area contributed by atoms with Crippen LogP contribution in [0.2, 0.25) is 10.0 Å². The lowest BCUT2D eigenvalue weighted by Gasteiger charge is -2.43. The SMILES string of the molecule is CN1CC[C@@](O)(c2ccc(Cl)cc2)[C@@H](C(=O)c2ccc(Cl)cc2)C1. The highest BCUT2D eigenvalue weighted by Crippen LogP contribution is 2.39. The number of hydrogen-bond acceptors (Lipinski definition) is 3. The van der Waals surface area contributed by atoms with E-state index in [9.17, 15) is 9.90 Å². The minimum absolute atomic E-state index is 0.0735. The van der Waals surface area contributed by atoms with Crippen molar-refractivity contribution in [2.75, 3.05) is 20.1 Å². The number of rotatable bonds is 3. The lowest BCUT2D eigenvalue weighted by Crippen LogP contribution is -2.52. The van der Waals surface area contributed by atoms with Crippen molar-refractivity contribution in [3.63, 3.8) is 0 Å². The van der Waals surface area contributed by atoms with Gasteiger partial charge >= 0.3 is 0 Å². The zero-order valence-electron chi connectivity index (χ0n) is 13.4. The van der Waals surface area contributed by atoms with E-state index in [2.05, 4.69) is 4.90 Å². The van der Waals surface area contributed by atoms with Crippen molar-refractivity contribution in [3.05, 3.63) is 69.7 Å². The van der Waals surface area contributed by atoms with Crippen LogP contribution in [-0.2, 0) is 5.60 Å². The third-order valence-corrected chi connectivity index (χ3v) is 5.24. The fourth-order valence-corrected chi connectivity index (χ4v) is 3.54. The maximum absolute atomic E-state index is 13.1. The topological polar surface area (TPSA) is 40.5 Å². The van der Waals surface area contributed by atoms with Crippen LogP contribution in [0, 0.1) is 5.92 Å². The fraction of sp³-hybridized carbons (Fsp3) is 0.316. The van der Waals surface area contributed by atoms with Crippen molar-refractivity contribution >= 4 is 29.0 Å². The Balaban J connectivity index is 1.98. The summed E-state index contributed by atoms with van der Waals surface area (Å²) in [5.74, 6) is -0.616. The first kappa shape index (κ1) is 17.4. The number of Topliss-reactive ketones (excluding diaryl/α,β-unsaturated/α-hetero) is 1. The summed E-state index contributed by atoms with van der Waals surface area (Å²) in [6.07, 6.45) is 0.495. The molecule has 3 nitrogen and oxygen atoms in total. The van der Waals surface area contributed by atoms with Gasteiger partial charge in [-0.3, -0.25) is 4.79 Å². The van der Waals surface area contributed by atoms with Gasteiger partial charge in [-0.25, -0.2) is 0 Å². The molecule has 0 amide bonds. The number of benzene rings is 2. The Morgan fingerprint density at radius 2 is 1.62 bits per heavy atom. The minimum atomic E-state index is -1.20. The van der Waals surface area contributed by atoms with Crippen LogP contribution in [0.15, 0.2) is 48.5 Å². The molecule has 1 aliphatic rings. The number of piperidine rings is 1. The van der Waals surface area contributed by atoms with E-state index in [-0.39, 0.29) is 5.78 Å². The molecule has 0 unspecified atom stereocenters. The number of hydrogen-bond donors (Lipinski definition) is 1. The van der Waals surface area contributed by atoms with E-state index >= 15 is 0 Å². The summed E-state index contributed by atoms with van der Waals surface area (Å²) in [5.41, 5.74) is 0.0905. The first-order valence-corrected chi connectivity index (χ1v) is 8.62. The Bertz CT molecular complexity index is 730. The molecule has 1 N–H and O–H groups in total. The molecule has 24 heavy (non-hydrogen) atoms. The molecule has 5 heteroatoms. The van der Waals surface area contributed by atoms with Gasteiger partial charge in [0, 0.05) is 28.7 Å². The van der Waals surface area contributed by atoms with Crippen LogP contribution >= 0.6 is 23.2 Å². The van der Waals surface area contributed by atoms with Gasteiger partial charge in [-0.1, -0.05) is 35.3 Å². The van der Waals surface area contributed by atoms with Gasteiger partial charge in [0.15, 0.2) is 5.78 Å². The van der Waals surface area contributed by atoms with E-state index in [1.54, 1.807) is 48.5 Å². The van der Waals surface area contributed by atoms with Gasteiger partial charge in [-0.05, 0) is 55.4 Å². The molecule has 1 saturated heterocycles. The molecule has 2 aromatic rings. The highest BCUT2D eigenvalue weighted by Gasteiger charge is 2.46. The first-order chi connectivity index (χ1) is 11.4. The Kier molecular flexibility index (Phi) is 4.97. The van der Waals surface area contributed by atoms with Crippen molar-refractivity contribution in [1.82, 2.24) is 4.90 Å². The molecule has 1 fully saturated rings. The van der Waals surface area contributed by atoms with Crippen molar-refractivity contribution in [2.24, 2.45) is 5.92 Å². The van der Waals surface area contributed by atoms with E-state index in [0.717, 1.165) is 12.1 Å². The Labute approximate surface area is 151 Å². The van der Waals surface area contributed by atoms with E-state index in [4.69, 9.17) is 23.2 Å². The molecule has 2 atom stereocenters. The number of likely N-dealkylation sites (tertiary alicyclic amines) is 1.